The number of aliphatic hydroxyl groups is 1. The molecule has 2 unspecified atom stereocenters. The third-order valence-corrected chi connectivity index (χ3v) is 2.23. The fraction of sp³-hybridized carbons (Fsp3) is 1.00. The molecule has 68 valence electrons. The van der Waals surface area contributed by atoms with E-state index >= 15 is 0 Å². The van der Waals surface area contributed by atoms with Crippen LogP contribution in [0.3, 0.4) is 0 Å². The standard InChI is InChI=1S/C5H13NO4S/c1-4(2-7)5(6)3-11(8,9)10/h4-5,7H,2-3,6H2,1H3,(H,8,9,10). The molecule has 2 atom stereocenters. The van der Waals surface area contributed by atoms with E-state index in [4.69, 9.17) is 15.4 Å². The second-order valence-electron chi connectivity index (χ2n) is 2.57. The van der Waals surface area contributed by atoms with Gasteiger partial charge in [0.25, 0.3) is 10.1 Å². The first-order valence-electron chi connectivity index (χ1n) is 3.18. The number of rotatable bonds is 4. The van der Waals surface area contributed by atoms with Gasteiger partial charge in [0, 0.05) is 12.6 Å². The molecule has 0 aromatic heterocycles. The number of aliphatic hydroxyl groups excluding tert-OH is 1. The van der Waals surface area contributed by atoms with Gasteiger partial charge in [0.15, 0.2) is 0 Å². The summed E-state index contributed by atoms with van der Waals surface area (Å²) in [6.45, 7) is 1.42. The Hall–Kier alpha value is -0.170. The van der Waals surface area contributed by atoms with E-state index < -0.39 is 21.9 Å². The molecule has 6 heteroatoms. The topological polar surface area (TPSA) is 101 Å². The fourth-order valence-corrected chi connectivity index (χ4v) is 1.36. The summed E-state index contributed by atoms with van der Waals surface area (Å²) in [6, 6.07) is -0.713. The SMILES string of the molecule is CC(CO)C(N)CS(=O)(=O)O. The van der Waals surface area contributed by atoms with E-state index in [1.807, 2.05) is 0 Å². The summed E-state index contributed by atoms with van der Waals surface area (Å²) in [4.78, 5) is 0. The van der Waals surface area contributed by atoms with E-state index in [1.54, 1.807) is 6.92 Å². The predicted octanol–water partition coefficient (Wildman–Crippen LogP) is -1.17. The molecule has 0 amide bonds. The van der Waals surface area contributed by atoms with E-state index in [-0.39, 0.29) is 12.5 Å². The lowest BCUT2D eigenvalue weighted by atomic mass is 10.1. The van der Waals surface area contributed by atoms with Crippen LogP contribution >= 0.6 is 0 Å². The van der Waals surface area contributed by atoms with Crippen molar-refractivity contribution >= 4 is 10.1 Å². The normalized spacial score (nSPS) is 17.8. The Bertz CT molecular complexity index is 201. The summed E-state index contributed by atoms with van der Waals surface area (Å²) in [5.74, 6) is -0.828. The molecule has 0 fully saturated rings. The van der Waals surface area contributed by atoms with Crippen LogP contribution in [0.1, 0.15) is 6.92 Å². The van der Waals surface area contributed by atoms with E-state index in [1.165, 1.54) is 0 Å². The lowest BCUT2D eigenvalue weighted by molar-refractivity contribution is 0.221. The average Bonchev–Trinajstić information content (AvgIpc) is 1.82. The van der Waals surface area contributed by atoms with Crippen LogP contribution in [-0.4, -0.2) is 36.5 Å². The van der Waals surface area contributed by atoms with Crippen LogP contribution in [-0.2, 0) is 10.1 Å². The highest BCUT2D eigenvalue weighted by Gasteiger charge is 2.17. The van der Waals surface area contributed by atoms with Gasteiger partial charge in [-0.25, -0.2) is 0 Å². The highest BCUT2D eigenvalue weighted by Crippen LogP contribution is 2.00. The first kappa shape index (κ1) is 10.8. The third-order valence-electron chi connectivity index (χ3n) is 1.42. The number of hydrogen-bond acceptors (Lipinski definition) is 4. The molecule has 0 spiro atoms. The van der Waals surface area contributed by atoms with Crippen LogP contribution < -0.4 is 5.73 Å². The number of hydrogen-bond donors (Lipinski definition) is 3. The minimum absolute atomic E-state index is 0.184. The maximum absolute atomic E-state index is 10.3. The van der Waals surface area contributed by atoms with Gasteiger partial charge in [-0.1, -0.05) is 6.92 Å². The summed E-state index contributed by atoms with van der Waals surface area (Å²) in [5.41, 5.74) is 5.31. The molecule has 0 aliphatic heterocycles. The molecule has 0 saturated carbocycles. The molecule has 11 heavy (non-hydrogen) atoms. The highest BCUT2D eigenvalue weighted by atomic mass is 32.2. The van der Waals surface area contributed by atoms with Crippen molar-refractivity contribution in [2.75, 3.05) is 12.4 Å². The summed E-state index contributed by atoms with van der Waals surface area (Å²) >= 11 is 0. The van der Waals surface area contributed by atoms with Gasteiger partial charge in [-0.3, -0.25) is 4.55 Å². The van der Waals surface area contributed by atoms with Gasteiger partial charge < -0.3 is 10.8 Å². The van der Waals surface area contributed by atoms with Crippen LogP contribution in [0.15, 0.2) is 0 Å². The van der Waals surface area contributed by atoms with E-state index in [0.717, 1.165) is 0 Å². The van der Waals surface area contributed by atoms with Gasteiger partial charge in [0.1, 0.15) is 0 Å². The van der Waals surface area contributed by atoms with Crippen molar-refractivity contribution in [1.82, 2.24) is 0 Å². The van der Waals surface area contributed by atoms with Crippen LogP contribution in [0.4, 0.5) is 0 Å². The molecular formula is C5H13NO4S. The van der Waals surface area contributed by atoms with Gasteiger partial charge in [-0.05, 0) is 5.92 Å². The zero-order valence-corrected chi connectivity index (χ0v) is 7.08. The van der Waals surface area contributed by atoms with Crippen molar-refractivity contribution in [2.45, 2.75) is 13.0 Å². The van der Waals surface area contributed by atoms with Gasteiger partial charge in [-0.2, -0.15) is 8.42 Å². The predicted molar refractivity (Wildman–Crippen MR) is 40.6 cm³/mol. The van der Waals surface area contributed by atoms with E-state index in [9.17, 15) is 8.42 Å². The molecule has 0 heterocycles. The Morgan fingerprint density at radius 1 is 1.55 bits per heavy atom. The molecule has 0 aliphatic carbocycles. The first-order chi connectivity index (χ1) is 4.87. The monoisotopic (exact) mass is 183 g/mol. The van der Waals surface area contributed by atoms with E-state index in [0.29, 0.717) is 0 Å². The molecule has 0 rings (SSSR count). The van der Waals surface area contributed by atoms with Gasteiger partial charge in [0.05, 0.1) is 5.75 Å². The second-order valence-corrected chi connectivity index (χ2v) is 4.07. The van der Waals surface area contributed by atoms with Crippen LogP contribution in [0.2, 0.25) is 0 Å². The summed E-state index contributed by atoms with van der Waals surface area (Å²) in [7, 11) is -4.01. The zero-order valence-electron chi connectivity index (χ0n) is 6.27. The Morgan fingerprint density at radius 3 is 2.27 bits per heavy atom. The first-order valence-corrected chi connectivity index (χ1v) is 4.79. The van der Waals surface area contributed by atoms with Gasteiger partial charge in [0.2, 0.25) is 0 Å². The van der Waals surface area contributed by atoms with Crippen LogP contribution in [0, 0.1) is 5.92 Å². The zero-order chi connectivity index (χ0) is 9.07. The average molecular weight is 183 g/mol. The Kier molecular flexibility index (Phi) is 3.95. The molecule has 5 nitrogen and oxygen atoms in total. The molecular weight excluding hydrogens is 170 g/mol. The maximum atomic E-state index is 10.3. The maximum Gasteiger partial charge on any atom is 0.266 e. The molecule has 0 saturated heterocycles. The van der Waals surface area contributed by atoms with Crippen molar-refractivity contribution in [3.8, 4) is 0 Å². The van der Waals surface area contributed by atoms with Crippen LogP contribution in [0.5, 0.6) is 0 Å². The molecule has 0 aromatic carbocycles. The van der Waals surface area contributed by atoms with Crippen molar-refractivity contribution in [3.05, 3.63) is 0 Å². The summed E-state index contributed by atoms with van der Waals surface area (Å²) in [5, 5.41) is 8.55. The molecule has 0 aromatic rings. The van der Waals surface area contributed by atoms with Crippen molar-refractivity contribution in [2.24, 2.45) is 11.7 Å². The number of nitrogens with two attached hydrogens (primary N) is 1. The van der Waals surface area contributed by atoms with Gasteiger partial charge in [-0.15, -0.1) is 0 Å². The van der Waals surface area contributed by atoms with Crippen molar-refractivity contribution < 1.29 is 18.1 Å². The van der Waals surface area contributed by atoms with Crippen molar-refractivity contribution in [3.63, 3.8) is 0 Å². The largest absolute Gasteiger partial charge is 0.396 e. The highest BCUT2D eigenvalue weighted by molar-refractivity contribution is 7.85. The Morgan fingerprint density at radius 2 is 2.00 bits per heavy atom. The third kappa shape index (κ3) is 5.14. The van der Waals surface area contributed by atoms with Crippen molar-refractivity contribution in [1.29, 1.82) is 0 Å². The Labute approximate surface area is 66.0 Å². The Balaban J connectivity index is 3.98. The molecule has 0 radical (unpaired) electrons. The lowest BCUT2D eigenvalue weighted by Crippen LogP contribution is -2.37. The van der Waals surface area contributed by atoms with Crippen LogP contribution in [0.25, 0.3) is 0 Å². The molecule has 0 aliphatic rings. The fourth-order valence-electron chi connectivity index (χ4n) is 0.543. The van der Waals surface area contributed by atoms with Gasteiger partial charge >= 0.3 is 0 Å². The summed E-state index contributed by atoms with van der Waals surface area (Å²) in [6.07, 6.45) is 0. The minimum atomic E-state index is -4.01. The molecule has 0 bridgehead atoms. The second kappa shape index (κ2) is 4.01. The summed E-state index contributed by atoms with van der Waals surface area (Å²) < 4.78 is 28.9. The van der Waals surface area contributed by atoms with E-state index in [2.05, 4.69) is 0 Å². The smallest absolute Gasteiger partial charge is 0.266 e. The minimum Gasteiger partial charge on any atom is -0.396 e. The molecule has 4 N–H and O–H groups in total. The lowest BCUT2D eigenvalue weighted by Gasteiger charge is -2.14. The quantitative estimate of drug-likeness (QED) is 0.477.